The summed E-state index contributed by atoms with van der Waals surface area (Å²) in [5.41, 5.74) is -0.543. The van der Waals surface area contributed by atoms with Crippen LogP contribution in [0.15, 0.2) is 29.6 Å². The number of hydrogen-bond acceptors (Lipinski definition) is 7. The molecule has 0 spiro atoms. The van der Waals surface area contributed by atoms with Crippen LogP contribution >= 0.6 is 11.3 Å². The van der Waals surface area contributed by atoms with Crippen LogP contribution in [0.5, 0.6) is 0 Å². The third kappa shape index (κ3) is 3.49. The fraction of sp³-hybridized carbons (Fsp3) is 0.250. The summed E-state index contributed by atoms with van der Waals surface area (Å²) in [6.07, 6.45) is 0. The average molecular weight is 389 g/mol. The Morgan fingerprint density at radius 1 is 1.37 bits per heavy atom. The predicted octanol–water partition coefficient (Wildman–Crippen LogP) is 1.98. The molecule has 1 aromatic carbocycles. The summed E-state index contributed by atoms with van der Waals surface area (Å²) in [5.74, 6) is -0.757. The van der Waals surface area contributed by atoms with Crippen LogP contribution in [0, 0.1) is 10.1 Å². The number of rotatable bonds is 5. The first-order valence-electron chi connectivity index (χ1n) is 7.82. The van der Waals surface area contributed by atoms with Gasteiger partial charge in [0, 0.05) is 24.4 Å². The molecule has 1 aliphatic rings. The van der Waals surface area contributed by atoms with Crippen molar-refractivity contribution in [2.75, 3.05) is 5.32 Å². The second-order valence-corrected chi connectivity index (χ2v) is 6.93. The molecule has 1 atom stereocenters. The van der Waals surface area contributed by atoms with Crippen molar-refractivity contribution in [2.24, 2.45) is 0 Å². The Labute approximate surface area is 157 Å². The molecule has 11 heteroatoms. The summed E-state index contributed by atoms with van der Waals surface area (Å²) >= 11 is 1.19. The van der Waals surface area contributed by atoms with E-state index in [0.717, 1.165) is 4.90 Å². The van der Waals surface area contributed by atoms with Gasteiger partial charge in [-0.05, 0) is 24.6 Å². The maximum absolute atomic E-state index is 12.9. The lowest BCUT2D eigenvalue weighted by molar-refractivity contribution is -0.384. The number of anilines is 1. The van der Waals surface area contributed by atoms with Gasteiger partial charge in [-0.2, -0.15) is 0 Å². The molecule has 1 aromatic heterocycles. The first-order chi connectivity index (χ1) is 12.7. The van der Waals surface area contributed by atoms with Gasteiger partial charge >= 0.3 is 6.03 Å². The molecule has 0 aliphatic carbocycles. The topological polar surface area (TPSA) is 135 Å². The normalized spacial score (nSPS) is 19.1. The van der Waals surface area contributed by atoms with E-state index in [0.29, 0.717) is 16.4 Å². The summed E-state index contributed by atoms with van der Waals surface area (Å²) in [5, 5.41) is 18.0. The zero-order valence-corrected chi connectivity index (χ0v) is 15.2. The number of non-ortho nitro benzene ring substituents is 1. The summed E-state index contributed by atoms with van der Waals surface area (Å²) in [6.45, 7) is 2.84. The molecule has 1 unspecified atom stereocenters. The Morgan fingerprint density at radius 3 is 2.63 bits per heavy atom. The molecule has 2 N–H and O–H groups in total. The highest BCUT2D eigenvalue weighted by atomic mass is 32.1. The Hall–Kier alpha value is -3.34. The molecular weight excluding hydrogens is 374 g/mol. The van der Waals surface area contributed by atoms with E-state index >= 15 is 0 Å². The molecule has 10 nitrogen and oxygen atoms in total. The van der Waals surface area contributed by atoms with E-state index in [1.165, 1.54) is 49.4 Å². The quantitative estimate of drug-likeness (QED) is 0.456. The maximum atomic E-state index is 12.9. The molecule has 0 bridgehead atoms. The van der Waals surface area contributed by atoms with Crippen LogP contribution in [0.25, 0.3) is 0 Å². The number of thiazole rings is 1. The maximum Gasteiger partial charge on any atom is 0.325 e. The molecule has 3 rings (SSSR count). The van der Waals surface area contributed by atoms with Crippen molar-refractivity contribution in [3.8, 4) is 0 Å². The average Bonchev–Trinajstić information content (AvgIpc) is 3.13. The number of aromatic nitrogens is 1. The molecule has 0 saturated carbocycles. The molecule has 1 saturated heterocycles. The number of carbonyl (C=O) groups excluding carboxylic acids is 3. The summed E-state index contributed by atoms with van der Waals surface area (Å²) in [6, 6.07) is 4.86. The van der Waals surface area contributed by atoms with Crippen molar-refractivity contribution >= 4 is 40.0 Å². The monoisotopic (exact) mass is 389 g/mol. The van der Waals surface area contributed by atoms with Gasteiger partial charge in [-0.15, -0.1) is 11.3 Å². The number of benzene rings is 1. The number of urea groups is 1. The van der Waals surface area contributed by atoms with Crippen LogP contribution < -0.4 is 10.6 Å². The lowest BCUT2D eigenvalue weighted by Gasteiger charge is -2.21. The van der Waals surface area contributed by atoms with Crippen molar-refractivity contribution in [3.05, 3.63) is 51.0 Å². The third-order valence-corrected chi connectivity index (χ3v) is 4.89. The minimum absolute atomic E-state index is 0.0523. The summed E-state index contributed by atoms with van der Waals surface area (Å²) < 4.78 is 0. The fourth-order valence-corrected chi connectivity index (χ4v) is 3.45. The lowest BCUT2D eigenvalue weighted by atomic mass is 9.92. The van der Waals surface area contributed by atoms with Gasteiger partial charge in [-0.25, -0.2) is 9.78 Å². The minimum Gasteiger partial charge on any atom is -0.319 e. The first kappa shape index (κ1) is 18.5. The number of amides is 4. The van der Waals surface area contributed by atoms with E-state index in [-0.39, 0.29) is 18.1 Å². The molecule has 140 valence electrons. The van der Waals surface area contributed by atoms with Gasteiger partial charge in [0.2, 0.25) is 5.91 Å². The van der Waals surface area contributed by atoms with Crippen LogP contribution in [-0.2, 0) is 21.7 Å². The molecule has 1 fully saturated rings. The largest absolute Gasteiger partial charge is 0.325 e. The highest BCUT2D eigenvalue weighted by molar-refractivity contribution is 7.13. The number of carbonyl (C=O) groups is 3. The van der Waals surface area contributed by atoms with Crippen molar-refractivity contribution in [2.45, 2.75) is 25.9 Å². The van der Waals surface area contributed by atoms with E-state index < -0.39 is 22.4 Å². The SMILES string of the molecule is CC(=O)Nc1nc(CN2C(=O)NC(C)(c3ccc([N+](=O)[O-])cc3)C2=O)cs1. The smallest absolute Gasteiger partial charge is 0.319 e. The second-order valence-electron chi connectivity index (χ2n) is 6.08. The Balaban J connectivity index is 1.80. The summed E-state index contributed by atoms with van der Waals surface area (Å²) in [4.78, 5) is 51.7. The minimum atomic E-state index is -1.33. The predicted molar refractivity (Wildman–Crippen MR) is 95.9 cm³/mol. The van der Waals surface area contributed by atoms with Gasteiger partial charge in [0.25, 0.3) is 11.6 Å². The van der Waals surface area contributed by atoms with Gasteiger partial charge in [-0.3, -0.25) is 24.6 Å². The molecule has 27 heavy (non-hydrogen) atoms. The molecule has 4 amide bonds. The molecule has 2 aromatic rings. The number of imide groups is 1. The third-order valence-electron chi connectivity index (χ3n) is 4.09. The number of hydrogen-bond donors (Lipinski definition) is 2. The lowest BCUT2D eigenvalue weighted by Crippen LogP contribution is -2.40. The highest BCUT2D eigenvalue weighted by Gasteiger charge is 2.49. The van der Waals surface area contributed by atoms with Crippen molar-refractivity contribution in [1.29, 1.82) is 0 Å². The first-order valence-corrected chi connectivity index (χ1v) is 8.69. The van der Waals surface area contributed by atoms with Crippen molar-refractivity contribution < 1.29 is 19.3 Å². The van der Waals surface area contributed by atoms with Crippen LogP contribution in [0.3, 0.4) is 0 Å². The van der Waals surface area contributed by atoms with E-state index in [1.54, 1.807) is 5.38 Å². The van der Waals surface area contributed by atoms with Crippen LogP contribution in [-0.4, -0.2) is 32.7 Å². The number of nitrogens with zero attached hydrogens (tertiary/aromatic N) is 3. The van der Waals surface area contributed by atoms with Crippen LogP contribution in [0.1, 0.15) is 25.1 Å². The molecule has 1 aliphatic heterocycles. The van der Waals surface area contributed by atoms with Crippen LogP contribution in [0.4, 0.5) is 15.6 Å². The Kier molecular flexibility index (Phi) is 4.62. The standard InChI is InChI=1S/C16H15N5O5S/c1-9(22)17-14-18-11(8-27-14)7-20-13(23)16(2,19-15(20)24)10-3-5-12(6-4-10)21(25)26/h3-6,8H,7H2,1-2H3,(H,19,24)(H,17,18,22). The molecule has 2 heterocycles. The molecular formula is C16H15N5O5S. The van der Waals surface area contributed by atoms with E-state index in [2.05, 4.69) is 15.6 Å². The zero-order valence-electron chi connectivity index (χ0n) is 14.4. The number of nitro benzene ring substituents is 1. The highest BCUT2D eigenvalue weighted by Crippen LogP contribution is 2.31. The zero-order chi connectivity index (χ0) is 19.8. The van der Waals surface area contributed by atoms with E-state index in [1.807, 2.05) is 0 Å². The number of nitro groups is 1. The van der Waals surface area contributed by atoms with Gasteiger partial charge in [0.05, 0.1) is 17.2 Å². The second kappa shape index (κ2) is 6.76. The van der Waals surface area contributed by atoms with Crippen molar-refractivity contribution in [3.63, 3.8) is 0 Å². The van der Waals surface area contributed by atoms with Crippen molar-refractivity contribution in [1.82, 2.24) is 15.2 Å². The fourth-order valence-electron chi connectivity index (χ4n) is 2.70. The van der Waals surface area contributed by atoms with Gasteiger partial charge in [-0.1, -0.05) is 0 Å². The van der Waals surface area contributed by atoms with Gasteiger partial charge in [0.1, 0.15) is 5.54 Å². The van der Waals surface area contributed by atoms with E-state index in [4.69, 9.17) is 0 Å². The molecule has 0 radical (unpaired) electrons. The van der Waals surface area contributed by atoms with Crippen LogP contribution in [0.2, 0.25) is 0 Å². The van der Waals surface area contributed by atoms with Gasteiger partial charge < -0.3 is 10.6 Å². The Bertz CT molecular complexity index is 941. The van der Waals surface area contributed by atoms with E-state index in [9.17, 15) is 24.5 Å². The Morgan fingerprint density at radius 2 is 2.04 bits per heavy atom. The summed E-state index contributed by atoms with van der Waals surface area (Å²) in [7, 11) is 0. The van der Waals surface area contributed by atoms with Gasteiger partial charge in [0.15, 0.2) is 5.13 Å². The number of nitrogens with one attached hydrogen (secondary N) is 2.